The van der Waals surface area contributed by atoms with Gasteiger partial charge in [0.1, 0.15) is 5.75 Å². The monoisotopic (exact) mass is 413 g/mol. The molecule has 0 bridgehead atoms. The van der Waals surface area contributed by atoms with E-state index in [9.17, 15) is 13.9 Å². The average molecular weight is 414 g/mol. The first-order valence-electron chi connectivity index (χ1n) is 10.1. The van der Waals surface area contributed by atoms with Crippen LogP contribution in [0.1, 0.15) is 25.0 Å². The van der Waals surface area contributed by atoms with Gasteiger partial charge in [0.25, 0.3) is 0 Å². The molecule has 1 fully saturated rings. The van der Waals surface area contributed by atoms with Crippen LogP contribution in [0, 0.1) is 0 Å². The maximum atomic E-state index is 12.2. The minimum atomic E-state index is -2.86. The van der Waals surface area contributed by atoms with E-state index >= 15 is 0 Å². The molecule has 0 spiro atoms. The Morgan fingerprint density at radius 1 is 1.17 bits per heavy atom. The molecule has 0 amide bonds. The molecule has 3 N–H and O–H groups in total. The van der Waals surface area contributed by atoms with Crippen molar-refractivity contribution >= 4 is 5.96 Å². The molecule has 0 radical (unpaired) electrons. The van der Waals surface area contributed by atoms with Gasteiger partial charge in [-0.05, 0) is 51.2 Å². The summed E-state index contributed by atoms with van der Waals surface area (Å²) in [5.74, 6) is 0.713. The summed E-state index contributed by atoms with van der Waals surface area (Å²) in [5, 5.41) is 16.8. The van der Waals surface area contributed by atoms with E-state index in [1.807, 2.05) is 6.92 Å². The van der Waals surface area contributed by atoms with Gasteiger partial charge in [-0.15, -0.1) is 0 Å². The van der Waals surface area contributed by atoms with Crippen molar-refractivity contribution in [3.63, 3.8) is 0 Å². The standard InChI is InChI=1S/C20H33F2N5O2/c1-3-23-20(24-9-12-27-11-4-10-26(2)13-14-27)25-15-18(28)16-5-7-17(8-6-16)29-19(21)22/h5-8,18-19,28H,3-4,9-15H2,1-2H3,(H2,23,24,25). The summed E-state index contributed by atoms with van der Waals surface area (Å²) in [6.45, 7) is 6.11. The number of ether oxygens (including phenoxy) is 1. The second-order valence-electron chi connectivity index (χ2n) is 7.11. The molecule has 1 aromatic carbocycles. The van der Waals surface area contributed by atoms with Crippen LogP contribution in [0.2, 0.25) is 0 Å². The number of benzene rings is 1. The highest BCUT2D eigenvalue weighted by atomic mass is 19.3. The van der Waals surface area contributed by atoms with Gasteiger partial charge >= 0.3 is 6.61 Å². The Morgan fingerprint density at radius 3 is 2.62 bits per heavy atom. The molecule has 9 heteroatoms. The Bertz CT molecular complexity index is 615. The lowest BCUT2D eigenvalue weighted by Gasteiger charge is -2.21. The van der Waals surface area contributed by atoms with Crippen LogP contribution < -0.4 is 15.4 Å². The fourth-order valence-electron chi connectivity index (χ4n) is 3.15. The third-order valence-corrected chi connectivity index (χ3v) is 4.79. The second kappa shape index (κ2) is 12.6. The van der Waals surface area contributed by atoms with E-state index in [0.29, 0.717) is 11.5 Å². The Morgan fingerprint density at radius 2 is 1.93 bits per heavy atom. The van der Waals surface area contributed by atoms with Gasteiger partial charge < -0.3 is 30.3 Å². The van der Waals surface area contributed by atoms with E-state index in [0.717, 1.165) is 45.8 Å². The number of nitrogens with zero attached hydrogens (tertiary/aromatic N) is 3. The molecule has 1 aromatic rings. The number of halogens is 2. The largest absolute Gasteiger partial charge is 0.435 e. The predicted molar refractivity (Wildman–Crippen MR) is 111 cm³/mol. The van der Waals surface area contributed by atoms with Gasteiger partial charge in [0.15, 0.2) is 5.96 Å². The number of rotatable bonds is 9. The third kappa shape index (κ3) is 8.93. The summed E-state index contributed by atoms with van der Waals surface area (Å²) < 4.78 is 28.7. The van der Waals surface area contributed by atoms with Crippen molar-refractivity contribution in [1.29, 1.82) is 0 Å². The number of hydrogen-bond donors (Lipinski definition) is 3. The molecular weight excluding hydrogens is 380 g/mol. The van der Waals surface area contributed by atoms with Crippen LogP contribution >= 0.6 is 0 Å². The summed E-state index contributed by atoms with van der Waals surface area (Å²) in [6, 6.07) is 5.95. The van der Waals surface area contributed by atoms with Gasteiger partial charge in [-0.1, -0.05) is 12.1 Å². The van der Waals surface area contributed by atoms with Crippen molar-refractivity contribution in [3.05, 3.63) is 29.8 Å². The molecule has 164 valence electrons. The van der Waals surface area contributed by atoms with E-state index in [4.69, 9.17) is 0 Å². The van der Waals surface area contributed by atoms with Crippen LogP contribution in [0.5, 0.6) is 5.75 Å². The normalized spacial score (nSPS) is 17.8. The Kier molecular flexibility index (Phi) is 10.1. The molecule has 1 saturated heterocycles. The number of likely N-dealkylation sites (N-methyl/N-ethyl adjacent to an activating group) is 1. The molecule has 1 unspecified atom stereocenters. The molecule has 0 saturated carbocycles. The summed E-state index contributed by atoms with van der Waals surface area (Å²) in [7, 11) is 2.16. The molecule has 0 aliphatic carbocycles. The molecule has 0 aromatic heterocycles. The lowest BCUT2D eigenvalue weighted by Crippen LogP contribution is -2.42. The zero-order chi connectivity index (χ0) is 21.1. The van der Waals surface area contributed by atoms with Gasteiger partial charge in [-0.3, -0.25) is 4.99 Å². The average Bonchev–Trinajstić information content (AvgIpc) is 2.90. The van der Waals surface area contributed by atoms with Crippen LogP contribution in [0.25, 0.3) is 0 Å². The van der Waals surface area contributed by atoms with Crippen LogP contribution in [0.3, 0.4) is 0 Å². The number of nitrogens with one attached hydrogen (secondary N) is 2. The number of guanidine groups is 1. The highest BCUT2D eigenvalue weighted by Gasteiger charge is 2.12. The minimum absolute atomic E-state index is 0.0640. The highest BCUT2D eigenvalue weighted by Crippen LogP contribution is 2.19. The number of aliphatic hydroxyl groups is 1. The van der Waals surface area contributed by atoms with Crippen LogP contribution in [-0.4, -0.2) is 86.9 Å². The SMILES string of the molecule is CCNC(=NCC(O)c1ccc(OC(F)F)cc1)NCCN1CCCN(C)CC1. The quantitative estimate of drug-likeness (QED) is 0.421. The van der Waals surface area contributed by atoms with Crippen molar-refractivity contribution in [3.8, 4) is 5.75 Å². The van der Waals surface area contributed by atoms with E-state index in [1.165, 1.54) is 18.6 Å². The van der Waals surface area contributed by atoms with Crippen molar-refractivity contribution in [2.24, 2.45) is 4.99 Å². The number of hydrogen-bond acceptors (Lipinski definition) is 5. The van der Waals surface area contributed by atoms with Crippen molar-refractivity contribution < 1.29 is 18.6 Å². The van der Waals surface area contributed by atoms with E-state index < -0.39 is 12.7 Å². The summed E-state index contributed by atoms with van der Waals surface area (Å²) >= 11 is 0. The predicted octanol–water partition coefficient (Wildman–Crippen LogP) is 1.51. The molecular formula is C20H33F2N5O2. The lowest BCUT2D eigenvalue weighted by atomic mass is 10.1. The summed E-state index contributed by atoms with van der Waals surface area (Å²) in [5.41, 5.74) is 0.597. The first-order chi connectivity index (χ1) is 14.0. The first kappa shape index (κ1) is 23.3. The Balaban J connectivity index is 1.81. The summed E-state index contributed by atoms with van der Waals surface area (Å²) in [6.07, 6.45) is 0.352. The number of alkyl halides is 2. The molecule has 1 aliphatic rings. The van der Waals surface area contributed by atoms with Crippen LogP contribution in [0.4, 0.5) is 8.78 Å². The van der Waals surface area contributed by atoms with E-state index in [1.54, 1.807) is 12.1 Å². The Hall–Kier alpha value is -1.97. The molecule has 29 heavy (non-hydrogen) atoms. The van der Waals surface area contributed by atoms with Gasteiger partial charge in [0, 0.05) is 32.7 Å². The van der Waals surface area contributed by atoms with Crippen LogP contribution in [-0.2, 0) is 0 Å². The zero-order valence-electron chi connectivity index (χ0n) is 17.3. The van der Waals surface area contributed by atoms with Crippen molar-refractivity contribution in [2.45, 2.75) is 26.1 Å². The van der Waals surface area contributed by atoms with E-state index in [2.05, 4.69) is 37.2 Å². The van der Waals surface area contributed by atoms with Crippen molar-refractivity contribution in [2.75, 3.05) is 59.4 Å². The topological polar surface area (TPSA) is 72.4 Å². The fourth-order valence-corrected chi connectivity index (χ4v) is 3.15. The van der Waals surface area contributed by atoms with E-state index in [-0.39, 0.29) is 12.3 Å². The van der Waals surface area contributed by atoms with Crippen LogP contribution in [0.15, 0.2) is 29.3 Å². The summed E-state index contributed by atoms with van der Waals surface area (Å²) in [4.78, 5) is 9.24. The van der Waals surface area contributed by atoms with Gasteiger partial charge in [-0.2, -0.15) is 8.78 Å². The Labute approximate surface area is 171 Å². The maximum Gasteiger partial charge on any atom is 0.387 e. The number of aliphatic hydroxyl groups excluding tert-OH is 1. The first-order valence-corrected chi connectivity index (χ1v) is 10.1. The molecule has 2 rings (SSSR count). The molecule has 7 nitrogen and oxygen atoms in total. The lowest BCUT2D eigenvalue weighted by molar-refractivity contribution is -0.0498. The molecule has 1 heterocycles. The van der Waals surface area contributed by atoms with Gasteiger partial charge in [0.2, 0.25) is 0 Å². The number of aliphatic imine (C=N–C) groups is 1. The fraction of sp³-hybridized carbons (Fsp3) is 0.650. The minimum Gasteiger partial charge on any atom is -0.435 e. The van der Waals surface area contributed by atoms with Gasteiger partial charge in [0.05, 0.1) is 12.6 Å². The van der Waals surface area contributed by atoms with Crippen molar-refractivity contribution in [1.82, 2.24) is 20.4 Å². The second-order valence-corrected chi connectivity index (χ2v) is 7.11. The molecule has 1 atom stereocenters. The highest BCUT2D eigenvalue weighted by molar-refractivity contribution is 5.79. The smallest absolute Gasteiger partial charge is 0.387 e. The maximum absolute atomic E-state index is 12.2. The van der Waals surface area contributed by atoms with Gasteiger partial charge in [-0.25, -0.2) is 0 Å². The zero-order valence-corrected chi connectivity index (χ0v) is 17.3. The third-order valence-electron chi connectivity index (χ3n) is 4.79. The molecule has 1 aliphatic heterocycles.